The molecule has 186 valence electrons. The van der Waals surface area contributed by atoms with Gasteiger partial charge in [0, 0.05) is 38.5 Å². The molecule has 0 radical (unpaired) electrons. The van der Waals surface area contributed by atoms with Crippen molar-refractivity contribution >= 4 is 6.09 Å². The summed E-state index contributed by atoms with van der Waals surface area (Å²) >= 11 is 0. The van der Waals surface area contributed by atoms with Gasteiger partial charge >= 0.3 is 6.09 Å². The molecule has 1 N–H and O–H groups in total. The SMILES string of the molecule is COc1cc(-c2ccc(CN[C@H]3C[C@H](OC)[C@@H](N(C)C(=O)OC(C)(C)C)C3)cc2)cnc1OC. The number of carbonyl (C=O) groups excluding carboxylic acids is 1. The van der Waals surface area contributed by atoms with E-state index in [1.165, 1.54) is 5.56 Å². The molecule has 1 aliphatic carbocycles. The van der Waals surface area contributed by atoms with Crippen molar-refractivity contribution < 1.29 is 23.7 Å². The number of methoxy groups -OCH3 is 3. The summed E-state index contributed by atoms with van der Waals surface area (Å²) in [5.41, 5.74) is 2.67. The van der Waals surface area contributed by atoms with E-state index in [4.69, 9.17) is 18.9 Å². The van der Waals surface area contributed by atoms with Crippen LogP contribution in [0.3, 0.4) is 0 Å². The van der Waals surface area contributed by atoms with Gasteiger partial charge in [0.15, 0.2) is 5.75 Å². The number of nitrogens with zero attached hydrogens (tertiary/aromatic N) is 2. The van der Waals surface area contributed by atoms with Crippen molar-refractivity contribution in [2.24, 2.45) is 0 Å². The minimum atomic E-state index is -0.524. The van der Waals surface area contributed by atoms with Crippen molar-refractivity contribution in [3.8, 4) is 22.8 Å². The number of nitrogens with one attached hydrogen (secondary N) is 1. The smallest absolute Gasteiger partial charge is 0.410 e. The molecule has 8 nitrogen and oxygen atoms in total. The maximum Gasteiger partial charge on any atom is 0.410 e. The molecule has 3 atom stereocenters. The Balaban J connectivity index is 1.59. The molecule has 0 spiro atoms. The number of carbonyl (C=O) groups is 1. The van der Waals surface area contributed by atoms with E-state index in [1.807, 2.05) is 26.8 Å². The Hall–Kier alpha value is -2.84. The number of likely N-dealkylation sites (N-methyl/N-ethyl adjacent to an activating group) is 1. The molecule has 0 aliphatic heterocycles. The summed E-state index contributed by atoms with van der Waals surface area (Å²) in [7, 11) is 6.66. The monoisotopic (exact) mass is 471 g/mol. The predicted octanol–water partition coefficient (Wildman–Crippen LogP) is 4.27. The maximum atomic E-state index is 12.5. The second-order valence-electron chi connectivity index (χ2n) is 9.61. The van der Waals surface area contributed by atoms with Gasteiger partial charge in [0.05, 0.1) is 26.4 Å². The quantitative estimate of drug-likeness (QED) is 0.616. The van der Waals surface area contributed by atoms with E-state index in [2.05, 4.69) is 34.6 Å². The molecule has 0 saturated heterocycles. The summed E-state index contributed by atoms with van der Waals surface area (Å²) in [4.78, 5) is 18.5. The van der Waals surface area contributed by atoms with E-state index in [-0.39, 0.29) is 24.3 Å². The van der Waals surface area contributed by atoms with Gasteiger partial charge in [-0.2, -0.15) is 0 Å². The average Bonchev–Trinajstić information content (AvgIpc) is 3.24. The van der Waals surface area contributed by atoms with Gasteiger partial charge in [-0.3, -0.25) is 0 Å². The Kier molecular flexibility index (Phi) is 8.38. The van der Waals surface area contributed by atoms with Crippen LogP contribution in [-0.4, -0.2) is 68.1 Å². The van der Waals surface area contributed by atoms with Crippen LogP contribution >= 0.6 is 0 Å². The van der Waals surface area contributed by atoms with Crippen molar-refractivity contribution in [1.82, 2.24) is 15.2 Å². The molecule has 1 aromatic heterocycles. The van der Waals surface area contributed by atoms with Crippen LogP contribution in [0.15, 0.2) is 36.5 Å². The zero-order valence-electron chi connectivity index (χ0n) is 21.3. The second kappa shape index (κ2) is 11.1. The van der Waals surface area contributed by atoms with Crippen molar-refractivity contribution in [3.63, 3.8) is 0 Å². The summed E-state index contributed by atoms with van der Waals surface area (Å²) in [5, 5.41) is 3.62. The summed E-state index contributed by atoms with van der Waals surface area (Å²) in [6.07, 6.45) is 3.07. The van der Waals surface area contributed by atoms with Crippen LogP contribution in [0.2, 0.25) is 0 Å². The Morgan fingerprint density at radius 3 is 2.38 bits per heavy atom. The molecule has 1 aliphatic rings. The van der Waals surface area contributed by atoms with Crippen LogP contribution in [0.25, 0.3) is 11.1 Å². The molecule has 0 bridgehead atoms. The summed E-state index contributed by atoms with van der Waals surface area (Å²) in [5.74, 6) is 1.07. The Bertz CT molecular complexity index is 958. The summed E-state index contributed by atoms with van der Waals surface area (Å²) in [6.45, 7) is 6.35. The zero-order valence-corrected chi connectivity index (χ0v) is 21.3. The second-order valence-corrected chi connectivity index (χ2v) is 9.61. The van der Waals surface area contributed by atoms with Gasteiger partial charge in [0.2, 0.25) is 0 Å². The first-order chi connectivity index (χ1) is 16.1. The molecule has 1 saturated carbocycles. The summed E-state index contributed by atoms with van der Waals surface area (Å²) < 4.78 is 21.8. The third kappa shape index (κ3) is 6.39. The highest BCUT2D eigenvalue weighted by Crippen LogP contribution is 2.30. The predicted molar refractivity (Wildman–Crippen MR) is 131 cm³/mol. The van der Waals surface area contributed by atoms with E-state index in [1.54, 1.807) is 39.5 Å². The highest BCUT2D eigenvalue weighted by Gasteiger charge is 2.39. The fraction of sp³-hybridized carbons (Fsp3) is 0.538. The molecule has 0 unspecified atom stereocenters. The minimum absolute atomic E-state index is 0.0303. The Morgan fingerprint density at radius 1 is 1.09 bits per heavy atom. The van der Waals surface area contributed by atoms with E-state index in [9.17, 15) is 4.79 Å². The standard InChI is InChI=1S/C26H37N3O5/c1-26(2,3)34-25(30)29(4)21-13-20(14-22(21)31-5)27-15-17-8-10-18(11-9-17)19-12-23(32-6)24(33-7)28-16-19/h8-12,16,20-22,27H,13-15H2,1-7H3/t20-,21+,22+/m1/s1. The van der Waals surface area contributed by atoms with Crippen molar-refractivity contribution in [2.45, 2.75) is 63.9 Å². The number of hydrogen-bond acceptors (Lipinski definition) is 7. The van der Waals surface area contributed by atoms with E-state index in [0.717, 1.165) is 30.5 Å². The molecular weight excluding hydrogens is 434 g/mol. The number of ether oxygens (including phenoxy) is 4. The van der Waals surface area contributed by atoms with E-state index >= 15 is 0 Å². The average molecular weight is 472 g/mol. The zero-order chi connectivity index (χ0) is 24.9. The maximum absolute atomic E-state index is 12.5. The third-order valence-corrected chi connectivity index (χ3v) is 6.07. The van der Waals surface area contributed by atoms with Crippen LogP contribution in [0.4, 0.5) is 4.79 Å². The van der Waals surface area contributed by atoms with Crippen molar-refractivity contribution in [3.05, 3.63) is 42.1 Å². The number of amides is 1. The lowest BCUT2D eigenvalue weighted by Gasteiger charge is -2.31. The van der Waals surface area contributed by atoms with Crippen molar-refractivity contribution in [2.75, 3.05) is 28.4 Å². The molecule has 2 aromatic rings. The summed E-state index contributed by atoms with van der Waals surface area (Å²) in [6, 6.07) is 10.5. The number of hydrogen-bond donors (Lipinski definition) is 1. The normalized spacial score (nSPS) is 20.1. The van der Waals surface area contributed by atoms with Gasteiger partial charge in [-0.05, 0) is 50.8 Å². The Morgan fingerprint density at radius 2 is 1.79 bits per heavy atom. The number of pyridine rings is 1. The fourth-order valence-electron chi connectivity index (χ4n) is 4.24. The highest BCUT2D eigenvalue weighted by atomic mass is 16.6. The van der Waals surface area contributed by atoms with Gasteiger partial charge in [-0.15, -0.1) is 0 Å². The van der Waals surface area contributed by atoms with Gasteiger partial charge in [0.1, 0.15) is 5.60 Å². The lowest BCUT2D eigenvalue weighted by Crippen LogP contribution is -2.44. The lowest BCUT2D eigenvalue weighted by molar-refractivity contribution is -0.000463. The first-order valence-corrected chi connectivity index (χ1v) is 11.5. The van der Waals surface area contributed by atoms with Gasteiger partial charge in [0.25, 0.3) is 5.88 Å². The first kappa shape index (κ1) is 25.8. The number of benzene rings is 1. The van der Waals surface area contributed by atoms with Crippen LogP contribution in [-0.2, 0) is 16.0 Å². The van der Waals surface area contributed by atoms with Gasteiger partial charge < -0.3 is 29.2 Å². The third-order valence-electron chi connectivity index (χ3n) is 6.07. The molecule has 1 amide bonds. The molecule has 1 fully saturated rings. The Labute approximate surface area is 202 Å². The van der Waals surface area contributed by atoms with E-state index in [0.29, 0.717) is 11.6 Å². The number of aromatic nitrogens is 1. The van der Waals surface area contributed by atoms with Gasteiger partial charge in [-0.1, -0.05) is 24.3 Å². The molecule has 3 rings (SSSR count). The van der Waals surface area contributed by atoms with Gasteiger partial charge in [-0.25, -0.2) is 9.78 Å². The van der Waals surface area contributed by atoms with Crippen LogP contribution in [0, 0.1) is 0 Å². The molecule has 34 heavy (non-hydrogen) atoms. The largest absolute Gasteiger partial charge is 0.491 e. The van der Waals surface area contributed by atoms with E-state index < -0.39 is 5.60 Å². The van der Waals surface area contributed by atoms with Crippen LogP contribution < -0.4 is 14.8 Å². The minimum Gasteiger partial charge on any atom is -0.491 e. The number of rotatable bonds is 8. The molecule has 8 heteroatoms. The van der Waals surface area contributed by atoms with Crippen LogP contribution in [0.1, 0.15) is 39.2 Å². The first-order valence-electron chi connectivity index (χ1n) is 11.5. The van der Waals surface area contributed by atoms with Crippen LogP contribution in [0.5, 0.6) is 11.6 Å². The molecular formula is C26H37N3O5. The fourth-order valence-corrected chi connectivity index (χ4v) is 4.24. The topological polar surface area (TPSA) is 82.2 Å². The lowest BCUT2D eigenvalue weighted by atomic mass is 10.1. The highest BCUT2D eigenvalue weighted by molar-refractivity contribution is 5.68. The van der Waals surface area contributed by atoms with Crippen molar-refractivity contribution in [1.29, 1.82) is 0 Å². The molecule has 1 aromatic carbocycles. The molecule has 1 heterocycles.